The van der Waals surface area contributed by atoms with Gasteiger partial charge in [0.15, 0.2) is 0 Å². The van der Waals surface area contributed by atoms with E-state index in [-0.39, 0.29) is 11.5 Å². The molecule has 3 aliphatic rings. The van der Waals surface area contributed by atoms with E-state index in [0.29, 0.717) is 13.1 Å². The lowest BCUT2D eigenvalue weighted by Crippen LogP contribution is -2.55. The Morgan fingerprint density at radius 1 is 1.22 bits per heavy atom. The molecule has 1 aromatic heterocycles. The molecule has 1 atom stereocenters. The van der Waals surface area contributed by atoms with Crippen molar-refractivity contribution in [3.8, 4) is 5.75 Å². The van der Waals surface area contributed by atoms with Gasteiger partial charge in [0.1, 0.15) is 17.6 Å². The maximum Gasteiger partial charge on any atom is 0.325 e. The number of benzene rings is 1. The fourth-order valence-corrected chi connectivity index (χ4v) is 5.64. The molecule has 1 saturated carbocycles. The highest BCUT2D eigenvalue weighted by Gasteiger charge is 2.46. The van der Waals surface area contributed by atoms with Crippen molar-refractivity contribution in [2.24, 2.45) is 0 Å². The lowest BCUT2D eigenvalue weighted by molar-refractivity contribution is -0.151. The van der Waals surface area contributed by atoms with Gasteiger partial charge in [0, 0.05) is 37.5 Å². The van der Waals surface area contributed by atoms with Gasteiger partial charge in [-0.15, -0.1) is 0 Å². The molecule has 194 valence electrons. The minimum absolute atomic E-state index is 0.0154. The molecule has 36 heavy (non-hydrogen) atoms. The predicted octanol–water partition coefficient (Wildman–Crippen LogP) is 4.74. The molecular formula is C29H39N3O4. The van der Waals surface area contributed by atoms with Crippen molar-refractivity contribution in [3.05, 3.63) is 52.7 Å². The van der Waals surface area contributed by atoms with Crippen molar-refractivity contribution in [2.45, 2.75) is 75.9 Å². The van der Waals surface area contributed by atoms with Crippen LogP contribution in [0.5, 0.6) is 5.75 Å². The van der Waals surface area contributed by atoms with Gasteiger partial charge < -0.3 is 19.9 Å². The summed E-state index contributed by atoms with van der Waals surface area (Å²) in [6.07, 6.45) is 8.76. The van der Waals surface area contributed by atoms with Gasteiger partial charge >= 0.3 is 5.97 Å². The first-order valence-electron chi connectivity index (χ1n) is 13.5. The summed E-state index contributed by atoms with van der Waals surface area (Å²) in [5.41, 5.74) is 4.44. The number of pyridine rings is 1. The van der Waals surface area contributed by atoms with E-state index in [2.05, 4.69) is 24.4 Å². The molecule has 2 N–H and O–H groups in total. The van der Waals surface area contributed by atoms with E-state index in [9.17, 15) is 9.90 Å². The van der Waals surface area contributed by atoms with E-state index in [0.717, 1.165) is 86.5 Å². The number of rotatable bonds is 12. The summed E-state index contributed by atoms with van der Waals surface area (Å²) in [7, 11) is 1.66. The SMILES string of the molecule is COc1cccc(C(C(=O)O)N2CC(OCCCCCc3ccc4c(n3)NCCC4)C2)c1C1(C)CC1. The first-order valence-corrected chi connectivity index (χ1v) is 13.5. The van der Waals surface area contributed by atoms with Gasteiger partial charge in [-0.05, 0) is 73.6 Å². The average Bonchev–Trinajstić information content (AvgIpc) is 3.61. The van der Waals surface area contributed by atoms with Gasteiger partial charge in [-0.2, -0.15) is 0 Å². The summed E-state index contributed by atoms with van der Waals surface area (Å²) >= 11 is 0. The van der Waals surface area contributed by atoms with Crippen molar-refractivity contribution in [2.75, 3.05) is 38.7 Å². The monoisotopic (exact) mass is 493 g/mol. The molecule has 0 spiro atoms. The number of hydrogen-bond donors (Lipinski definition) is 2. The minimum Gasteiger partial charge on any atom is -0.496 e. The number of fused-ring (bicyclic) bond motifs is 1. The highest BCUT2D eigenvalue weighted by molar-refractivity contribution is 5.77. The lowest BCUT2D eigenvalue weighted by atomic mass is 9.87. The molecule has 3 heterocycles. The Morgan fingerprint density at radius 3 is 2.81 bits per heavy atom. The molecule has 7 heteroatoms. The number of hydrogen-bond acceptors (Lipinski definition) is 6. The molecule has 1 unspecified atom stereocenters. The first kappa shape index (κ1) is 25.0. The van der Waals surface area contributed by atoms with E-state index >= 15 is 0 Å². The van der Waals surface area contributed by atoms with E-state index < -0.39 is 12.0 Å². The summed E-state index contributed by atoms with van der Waals surface area (Å²) < 4.78 is 11.7. The number of nitrogens with one attached hydrogen (secondary N) is 1. The Bertz CT molecular complexity index is 1080. The zero-order chi connectivity index (χ0) is 25.1. The fraction of sp³-hybridized carbons (Fsp3) is 0.586. The number of methoxy groups -OCH3 is 1. The number of carbonyl (C=O) groups is 1. The number of nitrogens with zero attached hydrogens (tertiary/aromatic N) is 2. The second kappa shape index (κ2) is 10.8. The van der Waals surface area contributed by atoms with Gasteiger partial charge in [0.25, 0.3) is 0 Å². The van der Waals surface area contributed by atoms with Crippen LogP contribution in [0.3, 0.4) is 0 Å². The number of anilines is 1. The number of unbranched alkanes of at least 4 members (excludes halogenated alkanes) is 2. The number of aryl methyl sites for hydroxylation is 2. The molecule has 0 bridgehead atoms. The first-order chi connectivity index (χ1) is 17.5. The second-order valence-corrected chi connectivity index (χ2v) is 10.8. The molecule has 2 aliphatic heterocycles. The molecule has 7 nitrogen and oxygen atoms in total. The highest BCUT2D eigenvalue weighted by atomic mass is 16.5. The Hall–Kier alpha value is -2.64. The number of likely N-dealkylation sites (tertiary alicyclic amines) is 1. The summed E-state index contributed by atoms with van der Waals surface area (Å²) in [5, 5.41) is 13.5. The van der Waals surface area contributed by atoms with Crippen molar-refractivity contribution in [3.63, 3.8) is 0 Å². The van der Waals surface area contributed by atoms with Gasteiger partial charge in [-0.3, -0.25) is 9.69 Å². The van der Waals surface area contributed by atoms with Gasteiger partial charge in [0.05, 0.1) is 13.2 Å². The molecule has 2 aromatic rings. The molecule has 0 amide bonds. The maximum absolute atomic E-state index is 12.3. The molecule has 1 aliphatic carbocycles. The van der Waals surface area contributed by atoms with E-state index in [1.165, 1.54) is 12.0 Å². The molecule has 2 fully saturated rings. The Labute approximate surface area is 214 Å². The van der Waals surface area contributed by atoms with Crippen molar-refractivity contribution in [1.82, 2.24) is 9.88 Å². The van der Waals surface area contributed by atoms with E-state index in [1.54, 1.807) is 7.11 Å². The topological polar surface area (TPSA) is 83.9 Å². The molecule has 1 saturated heterocycles. The molecular weight excluding hydrogens is 454 g/mol. The van der Waals surface area contributed by atoms with Crippen molar-refractivity contribution >= 4 is 11.8 Å². The molecule has 0 radical (unpaired) electrons. The Morgan fingerprint density at radius 2 is 2.06 bits per heavy atom. The van der Waals surface area contributed by atoms with Crippen LogP contribution in [0.2, 0.25) is 0 Å². The van der Waals surface area contributed by atoms with Crippen molar-refractivity contribution < 1.29 is 19.4 Å². The maximum atomic E-state index is 12.3. The summed E-state index contributed by atoms with van der Waals surface area (Å²) in [6.45, 7) is 5.24. The third-order valence-electron chi connectivity index (χ3n) is 8.03. The second-order valence-electron chi connectivity index (χ2n) is 10.8. The fourth-order valence-electron chi connectivity index (χ4n) is 5.64. The van der Waals surface area contributed by atoms with Crippen LogP contribution in [-0.2, 0) is 27.8 Å². The number of aromatic nitrogens is 1. The summed E-state index contributed by atoms with van der Waals surface area (Å²) in [6, 6.07) is 9.54. The van der Waals surface area contributed by atoms with Crippen LogP contribution in [0.1, 0.15) is 73.9 Å². The lowest BCUT2D eigenvalue weighted by Gasteiger charge is -2.43. The Balaban J connectivity index is 1.07. The smallest absolute Gasteiger partial charge is 0.325 e. The zero-order valence-corrected chi connectivity index (χ0v) is 21.6. The Kier molecular flexibility index (Phi) is 7.49. The third-order valence-corrected chi connectivity index (χ3v) is 8.03. The van der Waals surface area contributed by atoms with Crippen LogP contribution >= 0.6 is 0 Å². The van der Waals surface area contributed by atoms with Crippen molar-refractivity contribution in [1.29, 1.82) is 0 Å². The van der Waals surface area contributed by atoms with Crippen LogP contribution < -0.4 is 10.1 Å². The quantitative estimate of drug-likeness (QED) is 0.413. The molecule has 5 rings (SSSR count). The van der Waals surface area contributed by atoms with Gasteiger partial charge in [-0.25, -0.2) is 4.98 Å². The minimum atomic E-state index is -0.807. The van der Waals surface area contributed by atoms with Crippen LogP contribution in [0, 0.1) is 0 Å². The number of ether oxygens (including phenoxy) is 2. The normalized spacial score (nSPS) is 19.6. The zero-order valence-electron chi connectivity index (χ0n) is 21.6. The highest BCUT2D eigenvalue weighted by Crippen LogP contribution is 2.53. The number of carboxylic acids is 1. The van der Waals surface area contributed by atoms with Crippen LogP contribution in [0.4, 0.5) is 5.82 Å². The number of aliphatic carboxylic acids is 1. The number of carboxylic acid groups (broad SMARTS) is 1. The largest absolute Gasteiger partial charge is 0.496 e. The summed E-state index contributed by atoms with van der Waals surface area (Å²) in [4.78, 5) is 19.1. The van der Waals surface area contributed by atoms with Crippen LogP contribution in [0.15, 0.2) is 30.3 Å². The summed E-state index contributed by atoms with van der Waals surface area (Å²) in [5.74, 6) is 1.07. The van der Waals surface area contributed by atoms with Gasteiger partial charge in [-0.1, -0.05) is 31.5 Å². The standard InChI is InChI=1S/C29H39N3O4/c1-29(14-15-29)25-23(10-6-11-24(25)35-2)26(28(33)34)32-18-22(19-32)36-17-5-3-4-9-21-13-12-20-8-7-16-30-27(20)31-21/h6,10-13,22,26H,3-5,7-9,14-19H2,1-2H3,(H,30,31)(H,33,34). The predicted molar refractivity (Wildman–Crippen MR) is 140 cm³/mol. The average molecular weight is 494 g/mol. The van der Waals surface area contributed by atoms with E-state index in [4.69, 9.17) is 14.5 Å². The van der Waals surface area contributed by atoms with Crippen LogP contribution in [0.25, 0.3) is 0 Å². The van der Waals surface area contributed by atoms with Crippen LogP contribution in [-0.4, -0.2) is 60.4 Å². The third kappa shape index (κ3) is 5.37. The van der Waals surface area contributed by atoms with Gasteiger partial charge in [0.2, 0.25) is 0 Å². The molecule has 1 aromatic carbocycles. The van der Waals surface area contributed by atoms with E-state index in [1.807, 2.05) is 23.1 Å².